The molecule has 0 saturated heterocycles. The van der Waals surface area contributed by atoms with Crippen molar-refractivity contribution < 1.29 is 14.3 Å². The predicted molar refractivity (Wildman–Crippen MR) is 93.6 cm³/mol. The molecule has 2 amide bonds. The first-order valence-corrected chi connectivity index (χ1v) is 8.26. The van der Waals surface area contributed by atoms with Crippen molar-refractivity contribution in [2.24, 2.45) is 5.92 Å². The fourth-order valence-electron chi connectivity index (χ4n) is 2.25. The Kier molecular flexibility index (Phi) is 5.87. The minimum Gasteiger partial charge on any atom is -0.497 e. The second kappa shape index (κ2) is 7.87. The normalized spacial score (nSPS) is 11.9. The lowest BCUT2D eigenvalue weighted by Gasteiger charge is -2.22. The summed E-state index contributed by atoms with van der Waals surface area (Å²) in [4.78, 5) is 13.5. The molecule has 1 heterocycles. The van der Waals surface area contributed by atoms with Gasteiger partial charge in [0.1, 0.15) is 11.5 Å². The molecule has 2 aromatic rings. The molecule has 0 saturated carbocycles. The van der Waals surface area contributed by atoms with Crippen LogP contribution in [0.5, 0.6) is 11.5 Å². The third kappa shape index (κ3) is 4.39. The van der Waals surface area contributed by atoms with E-state index in [1.165, 1.54) is 0 Å². The van der Waals surface area contributed by atoms with Crippen LogP contribution < -0.4 is 20.1 Å². The molecular formula is C17H22N2O3S. The molecule has 124 valence electrons. The van der Waals surface area contributed by atoms with Gasteiger partial charge in [0.2, 0.25) is 0 Å². The van der Waals surface area contributed by atoms with E-state index >= 15 is 0 Å². The number of urea groups is 1. The van der Waals surface area contributed by atoms with Crippen molar-refractivity contribution >= 4 is 23.1 Å². The van der Waals surface area contributed by atoms with Crippen LogP contribution in [-0.2, 0) is 0 Å². The Morgan fingerprint density at radius 2 is 1.96 bits per heavy atom. The summed E-state index contributed by atoms with van der Waals surface area (Å²) in [5, 5.41) is 7.86. The Bertz CT molecular complexity index is 641. The van der Waals surface area contributed by atoms with E-state index in [1.807, 2.05) is 17.5 Å². The molecule has 0 bridgehead atoms. The Hall–Kier alpha value is -2.21. The van der Waals surface area contributed by atoms with Gasteiger partial charge in [0.15, 0.2) is 0 Å². The van der Waals surface area contributed by atoms with Gasteiger partial charge in [-0.1, -0.05) is 19.9 Å². The van der Waals surface area contributed by atoms with Crippen molar-refractivity contribution in [1.82, 2.24) is 5.32 Å². The molecule has 1 aromatic heterocycles. The maximum Gasteiger partial charge on any atom is 0.319 e. The number of nitrogens with one attached hydrogen (secondary N) is 2. The molecular weight excluding hydrogens is 312 g/mol. The van der Waals surface area contributed by atoms with Crippen molar-refractivity contribution in [1.29, 1.82) is 0 Å². The van der Waals surface area contributed by atoms with E-state index in [4.69, 9.17) is 9.47 Å². The van der Waals surface area contributed by atoms with E-state index in [1.54, 1.807) is 43.8 Å². The zero-order chi connectivity index (χ0) is 16.8. The Morgan fingerprint density at radius 3 is 2.52 bits per heavy atom. The van der Waals surface area contributed by atoms with E-state index in [-0.39, 0.29) is 18.0 Å². The minimum atomic E-state index is -0.274. The van der Waals surface area contributed by atoms with Crippen molar-refractivity contribution in [3.8, 4) is 11.5 Å². The summed E-state index contributed by atoms with van der Waals surface area (Å²) < 4.78 is 10.5. The summed E-state index contributed by atoms with van der Waals surface area (Å²) in [7, 11) is 3.14. The predicted octanol–water partition coefficient (Wildman–Crippen LogP) is 4.28. The summed E-state index contributed by atoms with van der Waals surface area (Å²) >= 11 is 1.63. The fourth-order valence-corrected chi connectivity index (χ4v) is 3.20. The van der Waals surface area contributed by atoms with Crippen LogP contribution in [-0.4, -0.2) is 20.3 Å². The summed E-state index contributed by atoms with van der Waals surface area (Å²) in [6.45, 7) is 4.16. The van der Waals surface area contributed by atoms with Gasteiger partial charge in [-0.05, 0) is 29.5 Å². The minimum absolute atomic E-state index is 0.0356. The van der Waals surface area contributed by atoms with Crippen LogP contribution in [0.3, 0.4) is 0 Å². The lowest BCUT2D eigenvalue weighted by atomic mass is 10.0. The summed E-state index contributed by atoms with van der Waals surface area (Å²) in [5.41, 5.74) is 0.568. The van der Waals surface area contributed by atoms with Crippen LogP contribution in [0.2, 0.25) is 0 Å². The maximum atomic E-state index is 12.4. The number of rotatable bonds is 6. The number of methoxy groups -OCH3 is 2. The largest absolute Gasteiger partial charge is 0.497 e. The summed E-state index contributed by atoms with van der Waals surface area (Å²) in [6, 6.07) is 8.98. The van der Waals surface area contributed by atoms with Gasteiger partial charge in [0, 0.05) is 10.9 Å². The third-order valence-electron chi connectivity index (χ3n) is 3.46. The number of amides is 2. The lowest BCUT2D eigenvalue weighted by molar-refractivity contribution is 0.245. The van der Waals surface area contributed by atoms with Crippen LogP contribution in [0, 0.1) is 5.92 Å². The number of thiophene rings is 1. The van der Waals surface area contributed by atoms with Gasteiger partial charge < -0.3 is 20.1 Å². The number of carbonyl (C=O) groups is 1. The Labute approximate surface area is 140 Å². The smallest absolute Gasteiger partial charge is 0.319 e. The van der Waals surface area contributed by atoms with Crippen LogP contribution in [0.1, 0.15) is 24.8 Å². The van der Waals surface area contributed by atoms with E-state index in [9.17, 15) is 4.79 Å². The zero-order valence-electron chi connectivity index (χ0n) is 13.8. The number of anilines is 1. The van der Waals surface area contributed by atoms with Crippen LogP contribution in [0.4, 0.5) is 10.5 Å². The number of benzene rings is 1. The highest BCUT2D eigenvalue weighted by molar-refractivity contribution is 7.10. The maximum absolute atomic E-state index is 12.4. The zero-order valence-corrected chi connectivity index (χ0v) is 14.6. The van der Waals surface area contributed by atoms with Crippen LogP contribution in [0.15, 0.2) is 35.7 Å². The van der Waals surface area contributed by atoms with Crippen molar-refractivity contribution in [3.63, 3.8) is 0 Å². The molecule has 5 nitrogen and oxygen atoms in total. The summed E-state index contributed by atoms with van der Waals surface area (Å²) in [5.74, 6) is 1.52. The first-order chi connectivity index (χ1) is 11.0. The average Bonchev–Trinajstić information content (AvgIpc) is 3.06. The quantitative estimate of drug-likeness (QED) is 0.829. The molecule has 0 aliphatic heterocycles. The van der Waals surface area contributed by atoms with Gasteiger partial charge in [0.25, 0.3) is 0 Å². The van der Waals surface area contributed by atoms with Crippen LogP contribution >= 0.6 is 11.3 Å². The van der Waals surface area contributed by atoms with Crippen molar-refractivity contribution in [2.75, 3.05) is 19.5 Å². The molecule has 0 aliphatic carbocycles. The third-order valence-corrected chi connectivity index (χ3v) is 4.41. The van der Waals surface area contributed by atoms with Gasteiger partial charge in [-0.15, -0.1) is 11.3 Å². The number of hydrogen-bond acceptors (Lipinski definition) is 4. The van der Waals surface area contributed by atoms with E-state index in [0.29, 0.717) is 17.2 Å². The summed E-state index contributed by atoms with van der Waals surface area (Å²) in [6.07, 6.45) is 0. The SMILES string of the molecule is COc1ccc(OC)c(NC(=O)N[C@@H](c2cccs2)C(C)C)c1. The van der Waals surface area contributed by atoms with Crippen molar-refractivity contribution in [3.05, 3.63) is 40.6 Å². The molecule has 0 aliphatic rings. The molecule has 1 atom stereocenters. The van der Waals surface area contributed by atoms with Crippen molar-refractivity contribution in [2.45, 2.75) is 19.9 Å². The molecule has 2 rings (SSSR count). The molecule has 0 fully saturated rings. The van der Waals surface area contributed by atoms with E-state index in [0.717, 1.165) is 4.88 Å². The fraction of sp³-hybridized carbons (Fsp3) is 0.353. The number of ether oxygens (including phenoxy) is 2. The van der Waals surface area contributed by atoms with Gasteiger partial charge >= 0.3 is 6.03 Å². The van der Waals surface area contributed by atoms with E-state index in [2.05, 4.69) is 24.5 Å². The Balaban J connectivity index is 2.12. The molecule has 23 heavy (non-hydrogen) atoms. The topological polar surface area (TPSA) is 59.6 Å². The highest BCUT2D eigenvalue weighted by Crippen LogP contribution is 2.30. The van der Waals surface area contributed by atoms with Gasteiger partial charge in [-0.3, -0.25) is 0 Å². The monoisotopic (exact) mass is 334 g/mol. The molecule has 6 heteroatoms. The number of hydrogen-bond donors (Lipinski definition) is 2. The van der Waals surface area contributed by atoms with Gasteiger partial charge in [0.05, 0.1) is 25.9 Å². The lowest BCUT2D eigenvalue weighted by Crippen LogP contribution is -2.34. The van der Waals surface area contributed by atoms with Gasteiger partial charge in [-0.2, -0.15) is 0 Å². The Morgan fingerprint density at radius 1 is 1.17 bits per heavy atom. The average molecular weight is 334 g/mol. The van der Waals surface area contributed by atoms with Crippen LogP contribution in [0.25, 0.3) is 0 Å². The second-order valence-electron chi connectivity index (χ2n) is 5.40. The molecule has 1 aromatic carbocycles. The highest BCUT2D eigenvalue weighted by Gasteiger charge is 2.20. The van der Waals surface area contributed by atoms with Gasteiger partial charge in [-0.25, -0.2) is 4.79 Å². The molecule has 2 N–H and O–H groups in total. The first kappa shape index (κ1) is 17.1. The first-order valence-electron chi connectivity index (χ1n) is 7.38. The molecule has 0 spiro atoms. The van der Waals surface area contributed by atoms with E-state index < -0.39 is 0 Å². The number of carbonyl (C=O) groups excluding carboxylic acids is 1. The standard InChI is InChI=1S/C17H22N2O3S/c1-11(2)16(15-6-5-9-23-15)19-17(20)18-13-10-12(21-3)7-8-14(13)22-4/h5-11,16H,1-4H3,(H2,18,19,20)/t16-/m1/s1. The molecule has 0 radical (unpaired) electrons. The second-order valence-corrected chi connectivity index (χ2v) is 6.38. The highest BCUT2D eigenvalue weighted by atomic mass is 32.1. The molecule has 0 unspecified atom stereocenters.